The van der Waals surface area contributed by atoms with Crippen LogP contribution in [-0.4, -0.2) is 8.42 Å². The van der Waals surface area contributed by atoms with E-state index in [1.54, 1.807) is 31.2 Å². The number of rotatable bonds is 4. The average Bonchev–Trinajstić information content (AvgIpc) is 2.43. The Morgan fingerprint density at radius 3 is 2.48 bits per heavy atom. The highest BCUT2D eigenvalue weighted by Crippen LogP contribution is 2.26. The first-order chi connectivity index (χ1) is 9.81. The minimum absolute atomic E-state index is 0.0779. The summed E-state index contributed by atoms with van der Waals surface area (Å²) in [6.07, 6.45) is 0. The molecule has 0 heterocycles. The summed E-state index contributed by atoms with van der Waals surface area (Å²) in [6.45, 7) is 1.67. The van der Waals surface area contributed by atoms with E-state index in [0.717, 1.165) is 17.7 Å². The lowest BCUT2D eigenvalue weighted by atomic mass is 10.1. The summed E-state index contributed by atoms with van der Waals surface area (Å²) in [5.41, 5.74) is 6.36. The predicted octanol–water partition coefficient (Wildman–Crippen LogP) is 3.10. The predicted molar refractivity (Wildman–Crippen MR) is 81.0 cm³/mol. The van der Waals surface area contributed by atoms with Crippen molar-refractivity contribution in [3.05, 3.63) is 58.9 Å². The molecule has 2 aromatic carbocycles. The number of benzene rings is 2. The molecule has 7 heteroatoms. The van der Waals surface area contributed by atoms with Crippen LogP contribution in [-0.2, 0) is 10.0 Å². The van der Waals surface area contributed by atoms with Gasteiger partial charge in [-0.1, -0.05) is 41.9 Å². The number of nitrogen functional groups attached to an aromatic ring is 1. The molecule has 1 atom stereocenters. The smallest absolute Gasteiger partial charge is 0.244 e. The monoisotopic (exact) mass is 328 g/mol. The Labute approximate surface area is 127 Å². The quantitative estimate of drug-likeness (QED) is 0.847. The van der Waals surface area contributed by atoms with Crippen LogP contribution in [0.5, 0.6) is 0 Å². The molecule has 0 saturated heterocycles. The van der Waals surface area contributed by atoms with Crippen molar-refractivity contribution in [2.45, 2.75) is 17.9 Å². The SMILES string of the molecule is C[C@@H](NS(=O)(=O)c1cc(N)cc(Cl)c1F)c1ccccc1. The molecule has 0 aliphatic heterocycles. The van der Waals surface area contributed by atoms with E-state index in [-0.39, 0.29) is 10.7 Å². The molecule has 21 heavy (non-hydrogen) atoms. The fourth-order valence-electron chi connectivity index (χ4n) is 1.89. The molecular weight excluding hydrogens is 315 g/mol. The molecule has 0 fully saturated rings. The summed E-state index contributed by atoms with van der Waals surface area (Å²) >= 11 is 5.63. The number of hydrogen-bond donors (Lipinski definition) is 2. The van der Waals surface area contributed by atoms with Crippen LogP contribution in [0.3, 0.4) is 0 Å². The van der Waals surface area contributed by atoms with Crippen molar-refractivity contribution in [1.82, 2.24) is 4.72 Å². The summed E-state index contributed by atoms with van der Waals surface area (Å²) in [5.74, 6) is -1.02. The zero-order valence-electron chi connectivity index (χ0n) is 11.2. The highest BCUT2D eigenvalue weighted by molar-refractivity contribution is 7.89. The highest BCUT2D eigenvalue weighted by Gasteiger charge is 2.24. The van der Waals surface area contributed by atoms with E-state index in [9.17, 15) is 12.8 Å². The Bertz CT molecular complexity index is 751. The minimum Gasteiger partial charge on any atom is -0.399 e. The lowest BCUT2D eigenvalue weighted by Gasteiger charge is -2.15. The van der Waals surface area contributed by atoms with E-state index in [1.807, 2.05) is 6.07 Å². The van der Waals surface area contributed by atoms with Crippen LogP contribution in [0, 0.1) is 5.82 Å². The minimum atomic E-state index is -4.07. The van der Waals surface area contributed by atoms with E-state index in [1.165, 1.54) is 0 Å². The van der Waals surface area contributed by atoms with E-state index in [0.29, 0.717) is 0 Å². The maximum absolute atomic E-state index is 13.9. The standard InChI is InChI=1S/C14H14ClFN2O2S/c1-9(10-5-3-2-4-6-10)18-21(19,20)13-8-11(17)7-12(15)14(13)16/h2-9,18H,17H2,1H3/t9-/m1/s1. The van der Waals surface area contributed by atoms with Crippen molar-refractivity contribution in [3.63, 3.8) is 0 Å². The molecule has 0 amide bonds. The summed E-state index contributed by atoms with van der Waals surface area (Å²) in [6, 6.07) is 10.6. The zero-order valence-corrected chi connectivity index (χ0v) is 12.7. The number of anilines is 1. The molecule has 3 N–H and O–H groups in total. The van der Waals surface area contributed by atoms with Crippen molar-refractivity contribution < 1.29 is 12.8 Å². The number of nitrogens with one attached hydrogen (secondary N) is 1. The second-order valence-electron chi connectivity index (χ2n) is 4.57. The van der Waals surface area contributed by atoms with Crippen LogP contribution in [0.25, 0.3) is 0 Å². The fraction of sp³-hybridized carbons (Fsp3) is 0.143. The van der Waals surface area contributed by atoms with Gasteiger partial charge in [-0.15, -0.1) is 0 Å². The second-order valence-corrected chi connectivity index (χ2v) is 6.66. The van der Waals surface area contributed by atoms with Crippen LogP contribution in [0.1, 0.15) is 18.5 Å². The normalized spacial score (nSPS) is 13.1. The number of halogens is 2. The average molecular weight is 329 g/mol. The van der Waals surface area contributed by atoms with E-state index in [4.69, 9.17) is 17.3 Å². The first-order valence-corrected chi connectivity index (χ1v) is 7.99. The van der Waals surface area contributed by atoms with Gasteiger partial charge in [0.1, 0.15) is 4.90 Å². The van der Waals surface area contributed by atoms with Gasteiger partial charge in [-0.2, -0.15) is 0 Å². The summed E-state index contributed by atoms with van der Waals surface area (Å²) in [7, 11) is -4.07. The molecule has 2 rings (SSSR count). The van der Waals surface area contributed by atoms with Gasteiger partial charge in [0.05, 0.1) is 5.02 Å². The Kier molecular flexibility index (Phi) is 4.51. The molecular formula is C14H14ClFN2O2S. The zero-order chi connectivity index (χ0) is 15.6. The number of hydrogen-bond acceptors (Lipinski definition) is 3. The van der Waals surface area contributed by atoms with Gasteiger partial charge in [0, 0.05) is 11.7 Å². The molecule has 0 aliphatic carbocycles. The highest BCUT2D eigenvalue weighted by atomic mass is 35.5. The van der Waals surface area contributed by atoms with Crippen molar-refractivity contribution in [2.75, 3.05) is 5.73 Å². The molecule has 0 aromatic heterocycles. The largest absolute Gasteiger partial charge is 0.399 e. The molecule has 0 saturated carbocycles. The lowest BCUT2D eigenvalue weighted by Crippen LogP contribution is -2.27. The van der Waals surface area contributed by atoms with Crippen molar-refractivity contribution >= 4 is 27.3 Å². The molecule has 0 bridgehead atoms. The molecule has 0 unspecified atom stereocenters. The van der Waals surface area contributed by atoms with Gasteiger partial charge in [-0.05, 0) is 24.6 Å². The maximum atomic E-state index is 13.9. The van der Waals surface area contributed by atoms with Crippen molar-refractivity contribution in [3.8, 4) is 0 Å². The molecule has 2 aromatic rings. The van der Waals surface area contributed by atoms with Crippen molar-refractivity contribution in [1.29, 1.82) is 0 Å². The van der Waals surface area contributed by atoms with Gasteiger partial charge in [0.15, 0.2) is 5.82 Å². The summed E-state index contributed by atoms with van der Waals surface area (Å²) in [4.78, 5) is -0.560. The van der Waals surface area contributed by atoms with Gasteiger partial charge in [0.2, 0.25) is 10.0 Å². The first kappa shape index (κ1) is 15.8. The van der Waals surface area contributed by atoms with Crippen LogP contribution in [0.15, 0.2) is 47.4 Å². The number of nitrogens with two attached hydrogens (primary N) is 1. The molecule has 0 spiro atoms. The van der Waals surface area contributed by atoms with E-state index < -0.39 is 26.8 Å². The fourth-order valence-corrected chi connectivity index (χ4v) is 3.53. The van der Waals surface area contributed by atoms with Gasteiger partial charge in [-0.25, -0.2) is 17.5 Å². The van der Waals surface area contributed by atoms with Crippen LogP contribution < -0.4 is 10.5 Å². The van der Waals surface area contributed by atoms with Crippen LogP contribution in [0.4, 0.5) is 10.1 Å². The summed E-state index contributed by atoms with van der Waals surface area (Å²) in [5, 5.41) is -0.331. The summed E-state index contributed by atoms with van der Waals surface area (Å²) < 4.78 is 40.9. The topological polar surface area (TPSA) is 72.2 Å². The van der Waals surface area contributed by atoms with Crippen LogP contribution in [0.2, 0.25) is 5.02 Å². The third kappa shape index (κ3) is 3.53. The molecule has 0 aliphatic rings. The Hall–Kier alpha value is -1.63. The van der Waals surface area contributed by atoms with Crippen LogP contribution >= 0.6 is 11.6 Å². The second kappa shape index (κ2) is 6.01. The Balaban J connectivity index is 2.35. The lowest BCUT2D eigenvalue weighted by molar-refractivity contribution is 0.547. The van der Waals surface area contributed by atoms with E-state index >= 15 is 0 Å². The number of sulfonamides is 1. The molecule has 112 valence electrons. The Morgan fingerprint density at radius 1 is 1.24 bits per heavy atom. The van der Waals surface area contributed by atoms with Gasteiger partial charge in [0.25, 0.3) is 0 Å². The maximum Gasteiger partial charge on any atom is 0.244 e. The first-order valence-electron chi connectivity index (χ1n) is 6.13. The van der Waals surface area contributed by atoms with Gasteiger partial charge in [-0.3, -0.25) is 0 Å². The van der Waals surface area contributed by atoms with Gasteiger partial charge < -0.3 is 5.73 Å². The molecule has 4 nitrogen and oxygen atoms in total. The third-order valence-electron chi connectivity index (χ3n) is 2.94. The van der Waals surface area contributed by atoms with Gasteiger partial charge >= 0.3 is 0 Å². The molecule has 0 radical (unpaired) electrons. The van der Waals surface area contributed by atoms with E-state index in [2.05, 4.69) is 4.72 Å². The van der Waals surface area contributed by atoms with Crippen molar-refractivity contribution in [2.24, 2.45) is 0 Å². The Morgan fingerprint density at radius 2 is 1.86 bits per heavy atom. The third-order valence-corrected chi connectivity index (χ3v) is 4.75.